The lowest BCUT2D eigenvalue weighted by atomic mass is 10.1. The van der Waals surface area contributed by atoms with E-state index in [1.807, 2.05) is 83.4 Å². The average molecular weight is 376 g/mol. The maximum absolute atomic E-state index is 13.0. The van der Waals surface area contributed by atoms with Gasteiger partial charge in [0.25, 0.3) is 0 Å². The number of pyridine rings is 1. The van der Waals surface area contributed by atoms with Crippen molar-refractivity contribution in [1.82, 2.24) is 9.38 Å². The summed E-state index contributed by atoms with van der Waals surface area (Å²) in [5.41, 5.74) is 4.28. The van der Waals surface area contributed by atoms with Gasteiger partial charge in [-0.25, -0.2) is 4.98 Å². The Bertz CT molecular complexity index is 1090. The van der Waals surface area contributed by atoms with Crippen molar-refractivity contribution in [3.63, 3.8) is 0 Å². The van der Waals surface area contributed by atoms with Gasteiger partial charge in [0.2, 0.25) is 5.91 Å². The molecule has 0 atom stereocenters. The van der Waals surface area contributed by atoms with E-state index in [1.54, 1.807) is 11.9 Å². The summed E-state index contributed by atoms with van der Waals surface area (Å²) in [4.78, 5) is 19.4. The third kappa shape index (κ3) is 3.44. The van der Waals surface area contributed by atoms with Crippen molar-refractivity contribution >= 4 is 28.8 Å². The minimum atomic E-state index is 0.00191. The van der Waals surface area contributed by atoms with E-state index in [9.17, 15) is 4.79 Å². The number of amides is 1. The van der Waals surface area contributed by atoms with Crippen LogP contribution in [0.2, 0.25) is 5.02 Å². The molecule has 1 amide bonds. The maximum Gasteiger partial charge on any atom is 0.232 e. The summed E-state index contributed by atoms with van der Waals surface area (Å²) in [5.74, 6) is 0.00191. The van der Waals surface area contributed by atoms with Gasteiger partial charge < -0.3 is 9.30 Å². The van der Waals surface area contributed by atoms with Crippen molar-refractivity contribution in [2.24, 2.45) is 0 Å². The predicted molar refractivity (Wildman–Crippen MR) is 109 cm³/mol. The zero-order chi connectivity index (χ0) is 18.8. The first-order valence-corrected chi connectivity index (χ1v) is 9.05. The van der Waals surface area contributed by atoms with E-state index in [2.05, 4.69) is 0 Å². The average Bonchev–Trinajstić information content (AvgIpc) is 3.07. The molecule has 0 fully saturated rings. The first-order chi connectivity index (χ1) is 13.1. The number of carbonyl (C=O) groups excluding carboxylic acids is 1. The molecule has 0 radical (unpaired) electrons. The van der Waals surface area contributed by atoms with Crippen LogP contribution in [-0.4, -0.2) is 22.3 Å². The first kappa shape index (κ1) is 17.3. The van der Waals surface area contributed by atoms with Gasteiger partial charge in [0.15, 0.2) is 0 Å². The molecule has 0 aliphatic carbocycles. The topological polar surface area (TPSA) is 37.6 Å². The molecule has 0 unspecified atom stereocenters. The van der Waals surface area contributed by atoms with Gasteiger partial charge in [-0.2, -0.15) is 0 Å². The molecule has 0 spiro atoms. The molecule has 2 aromatic carbocycles. The number of likely N-dealkylation sites (N-methyl/N-ethyl adjacent to an activating group) is 1. The van der Waals surface area contributed by atoms with Crippen molar-refractivity contribution in [2.75, 3.05) is 11.9 Å². The van der Waals surface area contributed by atoms with Crippen molar-refractivity contribution in [3.8, 4) is 11.3 Å². The SMILES string of the molecule is CN(C(=O)Cc1c(-c2ccc(Cl)cc2)nc2ccccn12)c1ccccc1. The summed E-state index contributed by atoms with van der Waals surface area (Å²) >= 11 is 6.02. The van der Waals surface area contributed by atoms with Gasteiger partial charge in [0.1, 0.15) is 5.65 Å². The smallest absolute Gasteiger partial charge is 0.232 e. The van der Waals surface area contributed by atoms with Crippen LogP contribution in [-0.2, 0) is 11.2 Å². The van der Waals surface area contributed by atoms with E-state index >= 15 is 0 Å². The van der Waals surface area contributed by atoms with Gasteiger partial charge in [0.05, 0.1) is 17.8 Å². The number of rotatable bonds is 4. The minimum absolute atomic E-state index is 0.00191. The van der Waals surface area contributed by atoms with E-state index in [1.165, 1.54) is 0 Å². The molecule has 2 heterocycles. The normalized spacial score (nSPS) is 10.9. The minimum Gasteiger partial charge on any atom is -0.315 e. The number of imidazole rings is 1. The van der Waals surface area contributed by atoms with E-state index in [4.69, 9.17) is 16.6 Å². The number of carbonyl (C=O) groups is 1. The fourth-order valence-electron chi connectivity index (χ4n) is 3.11. The molecule has 0 aliphatic heterocycles. The number of fused-ring (bicyclic) bond motifs is 1. The van der Waals surface area contributed by atoms with Crippen LogP contribution >= 0.6 is 11.6 Å². The van der Waals surface area contributed by atoms with E-state index < -0.39 is 0 Å². The second-order valence-corrected chi connectivity index (χ2v) is 6.74. The molecule has 4 aromatic rings. The van der Waals surface area contributed by atoms with Crippen molar-refractivity contribution in [1.29, 1.82) is 0 Å². The van der Waals surface area contributed by atoms with Crippen LogP contribution in [0.1, 0.15) is 5.69 Å². The molecule has 4 rings (SSSR count). The van der Waals surface area contributed by atoms with Crippen LogP contribution in [0.3, 0.4) is 0 Å². The molecule has 0 N–H and O–H groups in total. The molecule has 27 heavy (non-hydrogen) atoms. The standard InChI is InChI=1S/C22H18ClN3O/c1-25(18-7-3-2-4-8-18)21(27)15-19-22(16-10-12-17(23)13-11-16)24-20-9-5-6-14-26(19)20/h2-14H,15H2,1H3. The van der Waals surface area contributed by atoms with Crippen LogP contribution in [0.15, 0.2) is 79.0 Å². The molecule has 5 heteroatoms. The van der Waals surface area contributed by atoms with Gasteiger partial charge >= 0.3 is 0 Å². The maximum atomic E-state index is 13.0. The van der Waals surface area contributed by atoms with E-state index in [-0.39, 0.29) is 12.3 Å². The molecule has 0 aliphatic rings. The molecule has 2 aromatic heterocycles. The molecular weight excluding hydrogens is 358 g/mol. The van der Waals surface area contributed by atoms with Crippen LogP contribution in [0.4, 0.5) is 5.69 Å². The lowest BCUT2D eigenvalue weighted by Crippen LogP contribution is -2.28. The number of halogens is 1. The van der Waals surface area contributed by atoms with Gasteiger partial charge in [-0.15, -0.1) is 0 Å². The molecule has 0 saturated carbocycles. The fourth-order valence-corrected chi connectivity index (χ4v) is 3.24. The Kier molecular flexibility index (Phi) is 4.65. The first-order valence-electron chi connectivity index (χ1n) is 8.67. The second-order valence-electron chi connectivity index (χ2n) is 6.31. The lowest BCUT2D eigenvalue weighted by molar-refractivity contribution is -0.117. The molecular formula is C22H18ClN3O. The predicted octanol–water partition coefficient (Wildman–Crippen LogP) is 4.86. The summed E-state index contributed by atoms with van der Waals surface area (Å²) in [6.07, 6.45) is 2.18. The second kappa shape index (κ2) is 7.25. The molecule has 0 saturated heterocycles. The molecule has 134 valence electrons. The number of anilines is 1. The van der Waals surface area contributed by atoms with Crippen molar-refractivity contribution < 1.29 is 4.79 Å². The lowest BCUT2D eigenvalue weighted by Gasteiger charge is -2.17. The quantitative estimate of drug-likeness (QED) is 0.510. The molecule has 4 nitrogen and oxygen atoms in total. The zero-order valence-corrected chi connectivity index (χ0v) is 15.6. The summed E-state index contributed by atoms with van der Waals surface area (Å²) in [6, 6.07) is 23.0. The third-order valence-electron chi connectivity index (χ3n) is 4.58. The summed E-state index contributed by atoms with van der Waals surface area (Å²) in [6.45, 7) is 0. The van der Waals surface area contributed by atoms with Gasteiger partial charge in [-0.3, -0.25) is 4.79 Å². The van der Waals surface area contributed by atoms with Crippen LogP contribution in [0.25, 0.3) is 16.9 Å². The summed E-state index contributed by atoms with van der Waals surface area (Å²) in [7, 11) is 1.79. The van der Waals surface area contributed by atoms with Crippen LogP contribution in [0, 0.1) is 0 Å². The highest BCUT2D eigenvalue weighted by Crippen LogP contribution is 2.27. The Hall–Kier alpha value is -3.11. The zero-order valence-electron chi connectivity index (χ0n) is 14.8. The van der Waals surface area contributed by atoms with E-state index in [0.29, 0.717) is 5.02 Å². The van der Waals surface area contributed by atoms with Gasteiger partial charge in [-0.1, -0.05) is 48.0 Å². The van der Waals surface area contributed by atoms with Crippen LogP contribution < -0.4 is 4.90 Å². The van der Waals surface area contributed by atoms with Crippen molar-refractivity contribution in [3.05, 3.63) is 89.7 Å². The number of hydrogen-bond acceptors (Lipinski definition) is 2. The largest absolute Gasteiger partial charge is 0.315 e. The number of para-hydroxylation sites is 1. The van der Waals surface area contributed by atoms with Gasteiger partial charge in [0, 0.05) is 29.5 Å². The van der Waals surface area contributed by atoms with Crippen molar-refractivity contribution in [2.45, 2.75) is 6.42 Å². The van der Waals surface area contributed by atoms with E-state index in [0.717, 1.165) is 28.3 Å². The number of aromatic nitrogens is 2. The highest BCUT2D eigenvalue weighted by Gasteiger charge is 2.19. The fraction of sp³-hybridized carbons (Fsp3) is 0.0909. The summed E-state index contributed by atoms with van der Waals surface area (Å²) < 4.78 is 1.97. The third-order valence-corrected chi connectivity index (χ3v) is 4.83. The Morgan fingerprint density at radius 3 is 2.44 bits per heavy atom. The molecule has 0 bridgehead atoms. The highest BCUT2D eigenvalue weighted by atomic mass is 35.5. The van der Waals surface area contributed by atoms with Crippen LogP contribution in [0.5, 0.6) is 0 Å². The Morgan fingerprint density at radius 1 is 1.00 bits per heavy atom. The Balaban J connectivity index is 1.75. The summed E-state index contributed by atoms with van der Waals surface area (Å²) in [5, 5.41) is 0.670. The Labute approximate surface area is 162 Å². The monoisotopic (exact) mass is 375 g/mol. The number of nitrogens with zero attached hydrogens (tertiary/aromatic N) is 3. The van der Waals surface area contributed by atoms with Gasteiger partial charge in [-0.05, 0) is 36.4 Å². The Morgan fingerprint density at radius 2 is 1.70 bits per heavy atom. The number of benzene rings is 2. The highest BCUT2D eigenvalue weighted by molar-refractivity contribution is 6.30. The number of hydrogen-bond donors (Lipinski definition) is 0.